The van der Waals surface area contributed by atoms with E-state index in [1.165, 1.54) is 34.0 Å². The molecule has 1 aromatic carbocycles. The lowest BCUT2D eigenvalue weighted by Gasteiger charge is -2.33. The van der Waals surface area contributed by atoms with Gasteiger partial charge >= 0.3 is 5.76 Å². The van der Waals surface area contributed by atoms with Crippen LogP contribution in [0.25, 0.3) is 11.0 Å². The summed E-state index contributed by atoms with van der Waals surface area (Å²) in [6, 6.07) is 8.07. The number of carbonyl (C=O) groups excluding carboxylic acids is 1. The number of nitrogens with zero attached hydrogens (tertiary/aromatic N) is 4. The number of pyridine rings is 1. The molecule has 3 heterocycles. The Balaban J connectivity index is 1.55. The predicted molar refractivity (Wildman–Crippen MR) is 108 cm³/mol. The number of piperidine rings is 1. The lowest BCUT2D eigenvalue weighted by Crippen LogP contribution is -2.41. The summed E-state index contributed by atoms with van der Waals surface area (Å²) in [6.45, 7) is 0.480. The first-order chi connectivity index (χ1) is 14.8. The molecule has 31 heavy (non-hydrogen) atoms. The second-order valence-electron chi connectivity index (χ2n) is 7.16. The van der Waals surface area contributed by atoms with Crippen LogP contribution in [0.4, 0.5) is 8.78 Å². The zero-order valence-electron chi connectivity index (χ0n) is 16.2. The largest absolute Gasteiger partial charge is 0.341 e. The summed E-state index contributed by atoms with van der Waals surface area (Å²) in [4.78, 5) is 34.6. The van der Waals surface area contributed by atoms with Gasteiger partial charge in [0.1, 0.15) is 6.33 Å². The normalized spacial score (nSPS) is 15.5. The molecule has 0 N–H and O–H groups in total. The molecule has 1 fully saturated rings. The number of carbonyl (C=O) groups is 1. The Bertz CT molecular complexity index is 1300. The van der Waals surface area contributed by atoms with E-state index >= 15 is 0 Å². The molecular weight excluding hydrogens is 430 g/mol. The van der Waals surface area contributed by atoms with Crippen molar-refractivity contribution in [2.75, 3.05) is 13.1 Å². The second kappa shape index (κ2) is 8.14. The number of alkyl halides is 2. The molecule has 3 aromatic rings. The molecular formula is C20H18F2N4O4S. The zero-order valence-corrected chi connectivity index (χ0v) is 17.0. The van der Waals surface area contributed by atoms with Gasteiger partial charge in [-0.3, -0.25) is 14.2 Å². The van der Waals surface area contributed by atoms with Gasteiger partial charge in [0.25, 0.3) is 11.5 Å². The third-order valence-electron chi connectivity index (χ3n) is 5.36. The summed E-state index contributed by atoms with van der Waals surface area (Å²) < 4.78 is 51.4. The van der Waals surface area contributed by atoms with Gasteiger partial charge < -0.3 is 4.90 Å². The molecule has 0 aliphatic carbocycles. The molecule has 162 valence electrons. The number of amides is 1. The van der Waals surface area contributed by atoms with Crippen LogP contribution in [0.5, 0.6) is 0 Å². The molecule has 1 aliphatic rings. The van der Waals surface area contributed by atoms with Crippen molar-refractivity contribution in [3.8, 4) is 0 Å². The molecule has 0 saturated carbocycles. The maximum absolute atomic E-state index is 13.0. The van der Waals surface area contributed by atoms with Crippen molar-refractivity contribution < 1.29 is 22.0 Å². The summed E-state index contributed by atoms with van der Waals surface area (Å²) in [5.41, 5.74) is -0.152. The van der Waals surface area contributed by atoms with Gasteiger partial charge in [0, 0.05) is 25.3 Å². The number of rotatable bonds is 4. The van der Waals surface area contributed by atoms with Crippen LogP contribution in [0.2, 0.25) is 0 Å². The highest BCUT2D eigenvalue weighted by molar-refractivity contribution is 7.91. The molecule has 11 heteroatoms. The maximum Gasteiger partial charge on any atom is 0.341 e. The number of hydrogen-bond acceptors (Lipinski definition) is 6. The summed E-state index contributed by atoms with van der Waals surface area (Å²) >= 11 is 0. The van der Waals surface area contributed by atoms with Crippen LogP contribution in [0.15, 0.2) is 58.6 Å². The van der Waals surface area contributed by atoms with Gasteiger partial charge in [-0.2, -0.15) is 8.78 Å². The monoisotopic (exact) mass is 448 g/mol. The first-order valence-corrected chi connectivity index (χ1v) is 11.1. The molecule has 0 bridgehead atoms. The minimum Gasteiger partial charge on any atom is -0.338 e. The van der Waals surface area contributed by atoms with Crippen LogP contribution < -0.4 is 5.56 Å². The Morgan fingerprint density at radius 3 is 2.48 bits per heavy atom. The van der Waals surface area contributed by atoms with Crippen LogP contribution >= 0.6 is 0 Å². The third-order valence-corrected chi connectivity index (χ3v) is 6.80. The van der Waals surface area contributed by atoms with E-state index in [-0.39, 0.29) is 30.3 Å². The minimum atomic E-state index is -4.91. The van der Waals surface area contributed by atoms with Crippen LogP contribution in [0, 0.1) is 0 Å². The van der Waals surface area contributed by atoms with Crippen LogP contribution in [0.3, 0.4) is 0 Å². The van der Waals surface area contributed by atoms with Gasteiger partial charge in [-0.15, -0.1) is 0 Å². The van der Waals surface area contributed by atoms with Gasteiger partial charge in [0.2, 0.25) is 9.84 Å². The first-order valence-electron chi connectivity index (χ1n) is 9.53. The Morgan fingerprint density at radius 1 is 1.06 bits per heavy atom. The summed E-state index contributed by atoms with van der Waals surface area (Å²) in [6.07, 6.45) is 3.85. The zero-order chi connectivity index (χ0) is 22.2. The van der Waals surface area contributed by atoms with Gasteiger partial charge in [0.05, 0.1) is 15.8 Å². The predicted octanol–water partition coefficient (Wildman–Crippen LogP) is 2.27. The van der Waals surface area contributed by atoms with E-state index in [9.17, 15) is 26.8 Å². The van der Waals surface area contributed by atoms with Crippen molar-refractivity contribution in [3.05, 3.63) is 64.8 Å². The van der Waals surface area contributed by atoms with E-state index in [4.69, 9.17) is 0 Å². The molecule has 0 spiro atoms. The van der Waals surface area contributed by atoms with Crippen molar-refractivity contribution >= 4 is 26.8 Å². The average molecular weight is 448 g/mol. The lowest BCUT2D eigenvalue weighted by molar-refractivity contribution is 0.0689. The van der Waals surface area contributed by atoms with E-state index in [2.05, 4.69) is 9.97 Å². The van der Waals surface area contributed by atoms with Crippen molar-refractivity contribution in [1.29, 1.82) is 0 Å². The fourth-order valence-electron chi connectivity index (χ4n) is 3.74. The van der Waals surface area contributed by atoms with E-state index < -0.39 is 26.4 Å². The highest BCUT2D eigenvalue weighted by atomic mass is 32.2. The number of halogens is 2. The van der Waals surface area contributed by atoms with Gasteiger partial charge in [-0.25, -0.2) is 18.4 Å². The fourth-order valence-corrected chi connectivity index (χ4v) is 4.66. The van der Waals surface area contributed by atoms with Crippen molar-refractivity contribution in [3.63, 3.8) is 0 Å². The number of aromatic nitrogens is 3. The van der Waals surface area contributed by atoms with Gasteiger partial charge in [-0.1, -0.05) is 12.1 Å². The first kappa shape index (κ1) is 21.0. The quantitative estimate of drug-likeness (QED) is 0.607. The number of likely N-dealkylation sites (tertiary alicyclic amines) is 1. The Kier molecular flexibility index (Phi) is 5.52. The van der Waals surface area contributed by atoms with Crippen LogP contribution in [-0.2, 0) is 9.84 Å². The van der Waals surface area contributed by atoms with Gasteiger partial charge in [-0.05, 0) is 37.1 Å². The molecule has 0 unspecified atom stereocenters. The second-order valence-corrected chi connectivity index (χ2v) is 9.04. The Morgan fingerprint density at radius 2 is 1.77 bits per heavy atom. The fraction of sp³-hybridized carbons (Fsp3) is 0.300. The highest BCUT2D eigenvalue weighted by Crippen LogP contribution is 2.27. The number of sulfone groups is 1. The van der Waals surface area contributed by atoms with E-state index in [1.807, 2.05) is 0 Å². The Labute approximate surface area is 176 Å². The molecule has 8 nitrogen and oxygen atoms in total. The smallest absolute Gasteiger partial charge is 0.338 e. The molecule has 1 aliphatic heterocycles. The number of benzene rings is 1. The number of hydrogen-bond donors (Lipinski definition) is 0. The van der Waals surface area contributed by atoms with Crippen LogP contribution in [0.1, 0.15) is 29.2 Å². The summed E-state index contributed by atoms with van der Waals surface area (Å²) in [5.74, 6) is -4.25. The summed E-state index contributed by atoms with van der Waals surface area (Å²) in [5, 5.41) is 0.398. The topological polar surface area (TPSA) is 102 Å². The Hall–Kier alpha value is -3.21. The molecule has 0 atom stereocenters. The van der Waals surface area contributed by atoms with E-state index in [1.54, 1.807) is 18.3 Å². The molecule has 2 aromatic heterocycles. The van der Waals surface area contributed by atoms with Crippen molar-refractivity contribution in [2.45, 2.75) is 29.5 Å². The SMILES string of the molecule is O=C(c1ccccc1S(=O)(=O)C(F)F)N1CCC(n2cnc3ncccc3c2=O)CC1. The maximum atomic E-state index is 13.0. The van der Waals surface area contributed by atoms with Crippen LogP contribution in [-0.4, -0.2) is 52.6 Å². The molecule has 1 saturated heterocycles. The lowest BCUT2D eigenvalue weighted by atomic mass is 10.0. The standard InChI is InChI=1S/C20H18F2N4O4S/c21-20(22)31(29,30)16-6-2-1-4-14(16)18(27)25-10-7-13(8-11-25)26-12-24-17-15(19(26)28)5-3-9-23-17/h1-6,9,12-13,20H,7-8,10-11H2. The molecule has 0 radical (unpaired) electrons. The van der Waals surface area contributed by atoms with E-state index in [0.29, 0.717) is 23.9 Å². The van der Waals surface area contributed by atoms with Gasteiger partial charge in [0.15, 0.2) is 5.65 Å². The average Bonchev–Trinajstić information content (AvgIpc) is 2.79. The van der Waals surface area contributed by atoms with Crippen molar-refractivity contribution in [1.82, 2.24) is 19.4 Å². The summed E-state index contributed by atoms with van der Waals surface area (Å²) in [7, 11) is -4.91. The van der Waals surface area contributed by atoms with Crippen molar-refractivity contribution in [2.24, 2.45) is 0 Å². The number of fused-ring (bicyclic) bond motifs is 1. The minimum absolute atomic E-state index is 0.200. The van der Waals surface area contributed by atoms with E-state index in [0.717, 1.165) is 6.07 Å². The third kappa shape index (κ3) is 3.80. The highest BCUT2D eigenvalue weighted by Gasteiger charge is 2.33. The molecule has 1 amide bonds. The molecule has 4 rings (SSSR count).